The van der Waals surface area contributed by atoms with Crippen molar-refractivity contribution in [2.45, 2.75) is 64.2 Å². The number of ether oxygens (including phenoxy) is 1. The number of likely N-dealkylation sites (tertiary alicyclic amines) is 1. The van der Waals surface area contributed by atoms with Gasteiger partial charge in [-0.2, -0.15) is 0 Å². The third-order valence-electron chi connectivity index (χ3n) is 8.06. The smallest absolute Gasteiger partial charge is 0.410 e. The molecule has 1 saturated carbocycles. The van der Waals surface area contributed by atoms with Crippen LogP contribution in [-0.4, -0.2) is 42.6 Å². The van der Waals surface area contributed by atoms with Gasteiger partial charge in [0, 0.05) is 24.5 Å². The van der Waals surface area contributed by atoms with E-state index in [9.17, 15) is 9.90 Å². The van der Waals surface area contributed by atoms with Gasteiger partial charge >= 0.3 is 6.09 Å². The standard InChI is InChI=1S/C31H35N5O3/c1-29(2,3)39-28(37)36-19-31(14-15-31)18-23(36)27-34-24(25-26(32)33-16-17-35(25)27)20-10-12-22(13-11-20)30(4,38)21-8-6-5-7-9-21/h5-13,16-17,23,38H,14-15,18-19H2,1-4H3,(H2,32,33)/t23-,30?/m0/s1. The minimum Gasteiger partial charge on any atom is -0.444 e. The van der Waals surface area contributed by atoms with Crippen molar-refractivity contribution in [1.29, 1.82) is 0 Å². The second kappa shape index (κ2) is 8.81. The van der Waals surface area contributed by atoms with Crippen molar-refractivity contribution in [3.8, 4) is 11.3 Å². The third kappa shape index (κ3) is 4.52. The molecule has 2 aromatic carbocycles. The first-order chi connectivity index (χ1) is 18.5. The maximum atomic E-state index is 13.3. The lowest BCUT2D eigenvalue weighted by Gasteiger charge is -2.28. The van der Waals surface area contributed by atoms with Gasteiger partial charge in [-0.05, 0) is 63.5 Å². The lowest BCUT2D eigenvalue weighted by Crippen LogP contribution is -2.37. The molecule has 2 atom stereocenters. The molecule has 8 heteroatoms. The number of nitrogens with zero attached hydrogens (tertiary/aromatic N) is 4. The van der Waals surface area contributed by atoms with E-state index in [2.05, 4.69) is 4.98 Å². The van der Waals surface area contributed by atoms with Gasteiger partial charge in [0.2, 0.25) is 0 Å². The fourth-order valence-electron chi connectivity index (χ4n) is 5.74. The summed E-state index contributed by atoms with van der Waals surface area (Å²) in [5.74, 6) is 1.12. The molecule has 39 heavy (non-hydrogen) atoms. The van der Waals surface area contributed by atoms with Crippen LogP contribution in [0.2, 0.25) is 0 Å². The average Bonchev–Trinajstić information content (AvgIpc) is 3.37. The van der Waals surface area contributed by atoms with Crippen molar-refractivity contribution in [2.24, 2.45) is 5.41 Å². The quantitative estimate of drug-likeness (QED) is 0.354. The van der Waals surface area contributed by atoms with Gasteiger partial charge in [0.15, 0.2) is 0 Å². The molecule has 1 aliphatic carbocycles. The van der Waals surface area contributed by atoms with Gasteiger partial charge in [-0.15, -0.1) is 0 Å². The fourth-order valence-corrected chi connectivity index (χ4v) is 5.74. The molecule has 202 valence electrons. The Bertz CT molecular complexity index is 1530. The molecule has 1 amide bonds. The van der Waals surface area contributed by atoms with Crippen molar-refractivity contribution < 1.29 is 14.6 Å². The molecule has 0 bridgehead atoms. The Labute approximate surface area is 228 Å². The SMILES string of the molecule is CC(C)(C)OC(=O)N1CC2(CC2)C[C@H]1c1nc(-c2ccc(C(C)(O)c3ccccc3)cc2)c2c(N)nccn12. The number of imidazole rings is 1. The molecule has 2 aliphatic rings. The Balaban J connectivity index is 1.41. The van der Waals surface area contributed by atoms with Crippen LogP contribution in [0.25, 0.3) is 16.8 Å². The number of aliphatic hydroxyl groups is 1. The fraction of sp³-hybridized carbons (Fsp3) is 0.387. The number of nitrogen functional groups attached to an aromatic ring is 1. The summed E-state index contributed by atoms with van der Waals surface area (Å²) in [5.41, 5.74) is 8.66. The average molecular weight is 526 g/mol. The van der Waals surface area contributed by atoms with Crippen molar-refractivity contribution >= 4 is 17.4 Å². The summed E-state index contributed by atoms with van der Waals surface area (Å²) in [6, 6.07) is 17.1. The van der Waals surface area contributed by atoms with Crippen molar-refractivity contribution in [2.75, 3.05) is 12.3 Å². The van der Waals surface area contributed by atoms with E-state index in [1.54, 1.807) is 13.1 Å². The number of fused-ring (bicyclic) bond motifs is 1. The lowest BCUT2D eigenvalue weighted by molar-refractivity contribution is 0.0211. The number of rotatable bonds is 4. The van der Waals surface area contributed by atoms with Gasteiger partial charge in [0.1, 0.15) is 34.1 Å². The monoisotopic (exact) mass is 525 g/mol. The van der Waals surface area contributed by atoms with Crippen LogP contribution in [0.1, 0.15) is 70.0 Å². The Morgan fingerprint density at radius 1 is 1.05 bits per heavy atom. The molecular formula is C31H35N5O3. The van der Waals surface area contributed by atoms with E-state index in [0.29, 0.717) is 23.6 Å². The van der Waals surface area contributed by atoms with Crippen molar-refractivity contribution in [3.63, 3.8) is 0 Å². The van der Waals surface area contributed by atoms with Crippen LogP contribution in [0.3, 0.4) is 0 Å². The molecule has 2 fully saturated rings. The minimum atomic E-state index is -1.14. The van der Waals surface area contributed by atoms with Gasteiger partial charge < -0.3 is 15.6 Å². The number of nitrogens with two attached hydrogens (primary N) is 1. The van der Waals surface area contributed by atoms with Crippen molar-refractivity contribution in [3.05, 3.63) is 83.9 Å². The van der Waals surface area contributed by atoms with Gasteiger partial charge in [0.25, 0.3) is 0 Å². The van der Waals surface area contributed by atoms with Crippen LogP contribution in [0.4, 0.5) is 10.6 Å². The normalized spacial score (nSPS) is 19.8. The topological polar surface area (TPSA) is 106 Å². The Morgan fingerprint density at radius 2 is 1.72 bits per heavy atom. The number of hydrogen-bond acceptors (Lipinski definition) is 6. The van der Waals surface area contributed by atoms with Crippen LogP contribution in [-0.2, 0) is 10.3 Å². The summed E-state index contributed by atoms with van der Waals surface area (Å²) in [6.07, 6.45) is 6.25. The predicted octanol–water partition coefficient (Wildman–Crippen LogP) is 5.70. The van der Waals surface area contributed by atoms with E-state index in [-0.39, 0.29) is 17.6 Å². The second-order valence-electron chi connectivity index (χ2n) is 12.2. The summed E-state index contributed by atoms with van der Waals surface area (Å²) in [4.78, 5) is 24.6. The number of anilines is 1. The summed E-state index contributed by atoms with van der Waals surface area (Å²) in [7, 11) is 0. The predicted molar refractivity (Wildman–Crippen MR) is 150 cm³/mol. The summed E-state index contributed by atoms with van der Waals surface area (Å²) in [5, 5.41) is 11.3. The zero-order chi connectivity index (χ0) is 27.6. The third-order valence-corrected chi connectivity index (χ3v) is 8.06. The van der Waals surface area contributed by atoms with Gasteiger partial charge in [-0.3, -0.25) is 9.30 Å². The Kier molecular flexibility index (Phi) is 5.73. The van der Waals surface area contributed by atoms with Crippen LogP contribution < -0.4 is 5.73 Å². The Morgan fingerprint density at radius 3 is 2.36 bits per heavy atom. The lowest BCUT2D eigenvalue weighted by atomic mass is 9.87. The van der Waals surface area contributed by atoms with Gasteiger partial charge in [-0.1, -0.05) is 54.6 Å². The van der Waals surface area contributed by atoms with Crippen LogP contribution in [0.15, 0.2) is 67.0 Å². The molecule has 0 radical (unpaired) electrons. The highest BCUT2D eigenvalue weighted by Gasteiger charge is 2.55. The highest BCUT2D eigenvalue weighted by Crippen LogP contribution is 2.58. The van der Waals surface area contributed by atoms with Gasteiger partial charge in [0.05, 0.1) is 6.04 Å². The number of carbonyl (C=O) groups excluding carboxylic acids is 1. The first kappa shape index (κ1) is 25.4. The first-order valence-electron chi connectivity index (χ1n) is 13.5. The largest absolute Gasteiger partial charge is 0.444 e. The number of aromatic nitrogens is 3. The minimum absolute atomic E-state index is 0.136. The number of amides is 1. The number of carbonyl (C=O) groups is 1. The molecule has 8 nitrogen and oxygen atoms in total. The van der Waals surface area contributed by atoms with Gasteiger partial charge in [-0.25, -0.2) is 14.8 Å². The van der Waals surface area contributed by atoms with E-state index < -0.39 is 11.2 Å². The number of benzene rings is 2. The zero-order valence-electron chi connectivity index (χ0n) is 22.9. The van der Waals surface area contributed by atoms with E-state index in [1.807, 2.05) is 90.9 Å². The van der Waals surface area contributed by atoms with E-state index >= 15 is 0 Å². The maximum Gasteiger partial charge on any atom is 0.410 e. The van der Waals surface area contributed by atoms with Crippen molar-refractivity contribution in [1.82, 2.24) is 19.3 Å². The maximum absolute atomic E-state index is 13.3. The molecule has 6 rings (SSSR count). The molecule has 1 spiro atoms. The summed E-state index contributed by atoms with van der Waals surface area (Å²) >= 11 is 0. The van der Waals surface area contributed by atoms with Crippen LogP contribution >= 0.6 is 0 Å². The highest BCUT2D eigenvalue weighted by atomic mass is 16.6. The molecular weight excluding hydrogens is 490 g/mol. The van der Waals surface area contributed by atoms with Crippen LogP contribution in [0, 0.1) is 5.41 Å². The summed E-state index contributed by atoms with van der Waals surface area (Å²) < 4.78 is 7.76. The molecule has 4 aromatic rings. The first-order valence-corrected chi connectivity index (χ1v) is 13.5. The molecule has 3 heterocycles. The molecule has 1 aliphatic heterocycles. The highest BCUT2D eigenvalue weighted by molar-refractivity contribution is 5.85. The van der Waals surface area contributed by atoms with E-state index in [4.69, 9.17) is 15.5 Å². The molecule has 2 aromatic heterocycles. The Hall–Kier alpha value is -3.91. The number of hydrogen-bond donors (Lipinski definition) is 2. The second-order valence-corrected chi connectivity index (χ2v) is 12.2. The molecule has 1 saturated heterocycles. The molecule has 1 unspecified atom stereocenters. The summed E-state index contributed by atoms with van der Waals surface area (Å²) in [6.45, 7) is 8.12. The van der Waals surface area contributed by atoms with E-state index in [1.165, 1.54) is 0 Å². The molecule has 3 N–H and O–H groups in total. The zero-order valence-corrected chi connectivity index (χ0v) is 22.9. The van der Waals surface area contributed by atoms with Crippen LogP contribution in [0.5, 0.6) is 0 Å². The van der Waals surface area contributed by atoms with E-state index in [0.717, 1.165) is 41.8 Å².